The first-order chi connectivity index (χ1) is 12.4. The zero-order chi connectivity index (χ0) is 18.7. The molecule has 1 aliphatic rings. The highest BCUT2D eigenvalue weighted by Crippen LogP contribution is 2.27. The summed E-state index contributed by atoms with van der Waals surface area (Å²) in [4.78, 5) is 11.4. The minimum atomic E-state index is -3.62. The van der Waals surface area contributed by atoms with Crippen LogP contribution in [0.2, 0.25) is 0 Å². The standard InChI is InChI=1S/C18H20N2O5S/c1-24-15-7-12(8-16(10-15)25-2)11-26(22,23)20-14-4-5-17-13(9-14)3-6-18(21)19-17/h4-5,7-10,20H,3,6,11H2,1-2H3,(H,19,21). The van der Waals surface area contributed by atoms with Gasteiger partial charge in [-0.05, 0) is 47.9 Å². The van der Waals surface area contributed by atoms with Crippen molar-refractivity contribution >= 4 is 27.3 Å². The van der Waals surface area contributed by atoms with Gasteiger partial charge in [-0.3, -0.25) is 9.52 Å². The van der Waals surface area contributed by atoms with Gasteiger partial charge in [-0.2, -0.15) is 0 Å². The summed E-state index contributed by atoms with van der Waals surface area (Å²) in [6.45, 7) is 0. The van der Waals surface area contributed by atoms with Crippen molar-refractivity contribution in [3.63, 3.8) is 0 Å². The number of carbonyl (C=O) groups is 1. The average Bonchev–Trinajstić information content (AvgIpc) is 2.60. The molecule has 2 N–H and O–H groups in total. The summed E-state index contributed by atoms with van der Waals surface area (Å²) < 4.78 is 38.0. The van der Waals surface area contributed by atoms with Crippen LogP contribution < -0.4 is 19.5 Å². The van der Waals surface area contributed by atoms with Gasteiger partial charge in [-0.15, -0.1) is 0 Å². The molecule has 0 saturated carbocycles. The second-order valence-corrected chi connectivity index (χ2v) is 7.72. The largest absolute Gasteiger partial charge is 0.497 e. The molecule has 8 heteroatoms. The summed E-state index contributed by atoms with van der Waals surface area (Å²) in [5.74, 6) is 0.810. The number of fused-ring (bicyclic) bond motifs is 1. The topological polar surface area (TPSA) is 93.7 Å². The predicted octanol–water partition coefficient (Wildman–Crippen LogP) is 2.53. The normalized spacial score (nSPS) is 13.5. The Morgan fingerprint density at radius 1 is 1.04 bits per heavy atom. The molecule has 0 aliphatic carbocycles. The lowest BCUT2D eigenvalue weighted by atomic mass is 10.0. The highest BCUT2D eigenvalue weighted by Gasteiger charge is 2.18. The molecule has 1 aliphatic heterocycles. The van der Waals surface area contributed by atoms with Crippen LogP contribution in [0, 0.1) is 0 Å². The van der Waals surface area contributed by atoms with Crippen LogP contribution in [0.5, 0.6) is 11.5 Å². The van der Waals surface area contributed by atoms with Crippen molar-refractivity contribution in [2.24, 2.45) is 0 Å². The molecule has 0 fully saturated rings. The van der Waals surface area contributed by atoms with Crippen LogP contribution in [-0.2, 0) is 27.0 Å². The molecule has 0 radical (unpaired) electrons. The summed E-state index contributed by atoms with van der Waals surface area (Å²) in [5, 5.41) is 2.77. The number of benzene rings is 2. The molecule has 0 spiro atoms. The molecule has 0 unspecified atom stereocenters. The third kappa shape index (κ3) is 4.26. The number of methoxy groups -OCH3 is 2. The van der Waals surface area contributed by atoms with E-state index in [-0.39, 0.29) is 11.7 Å². The Balaban J connectivity index is 1.78. The zero-order valence-corrected chi connectivity index (χ0v) is 15.4. The summed E-state index contributed by atoms with van der Waals surface area (Å²) in [5.41, 5.74) is 2.66. The second kappa shape index (κ2) is 7.25. The van der Waals surface area contributed by atoms with Crippen molar-refractivity contribution in [3.8, 4) is 11.5 Å². The Hall–Kier alpha value is -2.74. The first-order valence-electron chi connectivity index (χ1n) is 8.04. The first-order valence-corrected chi connectivity index (χ1v) is 9.69. The predicted molar refractivity (Wildman–Crippen MR) is 99.2 cm³/mol. The number of ether oxygens (including phenoxy) is 2. The van der Waals surface area contributed by atoms with Gasteiger partial charge in [0.2, 0.25) is 15.9 Å². The molecule has 138 valence electrons. The number of rotatable bonds is 6. The van der Waals surface area contributed by atoms with Gasteiger partial charge < -0.3 is 14.8 Å². The van der Waals surface area contributed by atoms with Gasteiger partial charge in [0, 0.05) is 23.9 Å². The average molecular weight is 376 g/mol. The molecule has 7 nitrogen and oxygen atoms in total. The van der Waals surface area contributed by atoms with Crippen LogP contribution in [0.25, 0.3) is 0 Å². The van der Waals surface area contributed by atoms with Gasteiger partial charge in [0.25, 0.3) is 0 Å². The van der Waals surface area contributed by atoms with Crippen LogP contribution in [0.3, 0.4) is 0 Å². The van der Waals surface area contributed by atoms with Gasteiger partial charge in [0.1, 0.15) is 11.5 Å². The lowest BCUT2D eigenvalue weighted by Gasteiger charge is -2.18. The van der Waals surface area contributed by atoms with Gasteiger partial charge in [-0.25, -0.2) is 8.42 Å². The van der Waals surface area contributed by atoms with E-state index in [4.69, 9.17) is 9.47 Å². The minimum absolute atomic E-state index is 0.0298. The fourth-order valence-electron chi connectivity index (χ4n) is 2.83. The Bertz CT molecular complexity index is 918. The van der Waals surface area contributed by atoms with E-state index in [1.165, 1.54) is 14.2 Å². The molecule has 0 bridgehead atoms. The van der Waals surface area contributed by atoms with Crippen LogP contribution in [0.1, 0.15) is 17.5 Å². The van der Waals surface area contributed by atoms with Crippen LogP contribution in [0.15, 0.2) is 36.4 Å². The van der Waals surface area contributed by atoms with Crippen molar-refractivity contribution in [2.45, 2.75) is 18.6 Å². The van der Waals surface area contributed by atoms with Crippen molar-refractivity contribution in [1.29, 1.82) is 0 Å². The maximum absolute atomic E-state index is 12.5. The molecule has 2 aromatic rings. The lowest BCUT2D eigenvalue weighted by molar-refractivity contribution is -0.116. The third-order valence-corrected chi connectivity index (χ3v) is 5.30. The molecule has 26 heavy (non-hydrogen) atoms. The highest BCUT2D eigenvalue weighted by atomic mass is 32.2. The van der Waals surface area contributed by atoms with E-state index in [1.807, 2.05) is 0 Å². The van der Waals surface area contributed by atoms with Crippen molar-refractivity contribution in [2.75, 3.05) is 24.3 Å². The van der Waals surface area contributed by atoms with E-state index in [0.717, 1.165) is 11.3 Å². The maximum atomic E-state index is 12.5. The van der Waals surface area contributed by atoms with E-state index < -0.39 is 10.0 Å². The Morgan fingerprint density at radius 3 is 2.38 bits per heavy atom. The summed E-state index contributed by atoms with van der Waals surface area (Å²) in [6, 6.07) is 10.1. The summed E-state index contributed by atoms with van der Waals surface area (Å²) in [6.07, 6.45) is 0.983. The summed E-state index contributed by atoms with van der Waals surface area (Å²) >= 11 is 0. The van der Waals surface area contributed by atoms with E-state index in [0.29, 0.717) is 35.6 Å². The van der Waals surface area contributed by atoms with Crippen molar-refractivity contribution in [3.05, 3.63) is 47.5 Å². The fourth-order valence-corrected chi connectivity index (χ4v) is 4.00. The number of hydrogen-bond acceptors (Lipinski definition) is 5. The molecule has 2 aromatic carbocycles. The quantitative estimate of drug-likeness (QED) is 0.808. The van der Waals surface area contributed by atoms with Crippen molar-refractivity contribution in [1.82, 2.24) is 0 Å². The van der Waals surface area contributed by atoms with Crippen LogP contribution in [0.4, 0.5) is 11.4 Å². The van der Waals surface area contributed by atoms with Crippen LogP contribution in [-0.4, -0.2) is 28.5 Å². The fraction of sp³-hybridized carbons (Fsp3) is 0.278. The molecule has 0 saturated heterocycles. The molecule has 1 amide bonds. The van der Waals surface area contributed by atoms with E-state index in [9.17, 15) is 13.2 Å². The second-order valence-electron chi connectivity index (χ2n) is 6.00. The molecule has 3 rings (SSSR count). The number of amides is 1. The molecular formula is C18H20N2O5S. The Morgan fingerprint density at radius 2 is 1.73 bits per heavy atom. The lowest BCUT2D eigenvalue weighted by Crippen LogP contribution is -2.20. The van der Waals surface area contributed by atoms with Crippen molar-refractivity contribution < 1.29 is 22.7 Å². The molecular weight excluding hydrogens is 356 g/mol. The molecule has 0 aromatic heterocycles. The number of sulfonamides is 1. The van der Waals surface area contributed by atoms with E-state index in [1.54, 1.807) is 36.4 Å². The number of nitrogens with one attached hydrogen (secondary N) is 2. The number of anilines is 2. The van der Waals surface area contributed by atoms with E-state index in [2.05, 4.69) is 10.0 Å². The number of aryl methyl sites for hydroxylation is 1. The monoisotopic (exact) mass is 376 g/mol. The SMILES string of the molecule is COc1cc(CS(=O)(=O)Nc2ccc3c(c2)CCC(=O)N3)cc(OC)c1. The maximum Gasteiger partial charge on any atom is 0.236 e. The van der Waals surface area contributed by atoms with Gasteiger partial charge >= 0.3 is 0 Å². The third-order valence-electron chi connectivity index (χ3n) is 4.04. The Kier molecular flexibility index (Phi) is 5.03. The highest BCUT2D eigenvalue weighted by molar-refractivity contribution is 7.91. The minimum Gasteiger partial charge on any atom is -0.497 e. The smallest absolute Gasteiger partial charge is 0.236 e. The summed E-state index contributed by atoms with van der Waals surface area (Å²) in [7, 11) is -0.601. The number of carbonyl (C=O) groups excluding carboxylic acids is 1. The Labute approximate surface area is 152 Å². The zero-order valence-electron chi connectivity index (χ0n) is 14.5. The van der Waals surface area contributed by atoms with Gasteiger partial charge in [0.05, 0.1) is 20.0 Å². The van der Waals surface area contributed by atoms with E-state index >= 15 is 0 Å². The van der Waals surface area contributed by atoms with Gasteiger partial charge in [0.15, 0.2) is 0 Å². The molecule has 1 heterocycles. The van der Waals surface area contributed by atoms with Crippen LogP contribution >= 0.6 is 0 Å². The number of hydrogen-bond donors (Lipinski definition) is 2. The first kappa shape index (κ1) is 18.1. The van der Waals surface area contributed by atoms with Gasteiger partial charge in [-0.1, -0.05) is 0 Å². The molecule has 0 atom stereocenters.